The molecule has 0 saturated carbocycles. The van der Waals surface area contributed by atoms with Crippen molar-refractivity contribution in [2.45, 2.75) is 30.4 Å². The van der Waals surface area contributed by atoms with Gasteiger partial charge in [0, 0.05) is 17.2 Å². The number of thioether (sulfide) groups is 2. The first kappa shape index (κ1) is 14.8. The minimum Gasteiger partial charge on any atom is -0.325 e. The van der Waals surface area contributed by atoms with Crippen LogP contribution in [0.1, 0.15) is 29.9 Å². The fourth-order valence-corrected chi connectivity index (χ4v) is 4.83. The van der Waals surface area contributed by atoms with E-state index in [2.05, 4.69) is 17.4 Å². The highest BCUT2D eigenvalue weighted by atomic mass is 32.2. The second kappa shape index (κ2) is 7.22. The third-order valence-electron chi connectivity index (χ3n) is 2.98. The summed E-state index contributed by atoms with van der Waals surface area (Å²) in [7, 11) is 0. The predicted molar refractivity (Wildman–Crippen MR) is 85.6 cm³/mol. The van der Waals surface area contributed by atoms with Crippen molar-refractivity contribution < 1.29 is 4.79 Å². The van der Waals surface area contributed by atoms with Gasteiger partial charge in [-0.1, -0.05) is 25.5 Å². The summed E-state index contributed by atoms with van der Waals surface area (Å²) >= 11 is 3.93. The second-order valence-electron chi connectivity index (χ2n) is 4.58. The van der Waals surface area contributed by atoms with Crippen molar-refractivity contribution in [3.05, 3.63) is 29.8 Å². The van der Waals surface area contributed by atoms with Crippen LogP contribution in [0, 0.1) is 0 Å². The van der Waals surface area contributed by atoms with Crippen LogP contribution >= 0.6 is 23.5 Å². The van der Waals surface area contributed by atoms with Crippen molar-refractivity contribution in [2.24, 2.45) is 5.73 Å². The molecule has 1 aromatic rings. The van der Waals surface area contributed by atoms with Crippen LogP contribution < -0.4 is 11.1 Å². The van der Waals surface area contributed by atoms with E-state index in [0.29, 0.717) is 4.58 Å². The maximum Gasteiger partial charge on any atom is 0.241 e. The lowest BCUT2D eigenvalue weighted by atomic mass is 10.1. The van der Waals surface area contributed by atoms with Gasteiger partial charge in [-0.2, -0.15) is 0 Å². The monoisotopic (exact) mass is 296 g/mol. The van der Waals surface area contributed by atoms with Gasteiger partial charge in [-0.25, -0.2) is 0 Å². The van der Waals surface area contributed by atoms with Crippen LogP contribution in [0.25, 0.3) is 0 Å². The molecule has 1 fully saturated rings. The molecular weight excluding hydrogens is 276 g/mol. The van der Waals surface area contributed by atoms with Gasteiger partial charge in [0.25, 0.3) is 0 Å². The van der Waals surface area contributed by atoms with Crippen molar-refractivity contribution in [1.29, 1.82) is 0 Å². The van der Waals surface area contributed by atoms with Gasteiger partial charge >= 0.3 is 0 Å². The summed E-state index contributed by atoms with van der Waals surface area (Å²) in [6.07, 6.45) is 1.64. The Bertz CT molecular complexity index is 433. The maximum absolute atomic E-state index is 11.9. The zero-order valence-corrected chi connectivity index (χ0v) is 12.7. The molecule has 0 aliphatic carbocycles. The van der Waals surface area contributed by atoms with Gasteiger partial charge in [0.1, 0.15) is 0 Å². The molecule has 1 aromatic carbocycles. The number of carbonyl (C=O) groups excluding carboxylic acids is 1. The van der Waals surface area contributed by atoms with Crippen LogP contribution in [0.2, 0.25) is 0 Å². The Morgan fingerprint density at radius 3 is 2.89 bits per heavy atom. The lowest BCUT2D eigenvalue weighted by Crippen LogP contribution is -2.35. The summed E-state index contributed by atoms with van der Waals surface area (Å²) in [4.78, 5) is 11.9. The number of nitrogens with one attached hydrogen (secondary N) is 1. The van der Waals surface area contributed by atoms with Crippen molar-refractivity contribution in [3.8, 4) is 0 Å². The summed E-state index contributed by atoms with van der Waals surface area (Å²) in [5, 5.41) is 2.91. The average Bonchev–Trinajstić information content (AvgIpc) is 2.93. The SMILES string of the molecule is CCCC(N)C(=O)Nc1cccc(C2SCCS2)c1. The van der Waals surface area contributed by atoms with Gasteiger partial charge in [0.15, 0.2) is 0 Å². The van der Waals surface area contributed by atoms with E-state index in [1.807, 2.05) is 42.6 Å². The highest BCUT2D eigenvalue weighted by Gasteiger charge is 2.19. The molecule has 19 heavy (non-hydrogen) atoms. The normalized spacial score (nSPS) is 17.4. The number of hydrogen-bond donors (Lipinski definition) is 2. The zero-order valence-electron chi connectivity index (χ0n) is 11.1. The quantitative estimate of drug-likeness (QED) is 0.876. The molecule has 0 spiro atoms. The van der Waals surface area contributed by atoms with E-state index in [4.69, 9.17) is 5.73 Å². The number of anilines is 1. The van der Waals surface area contributed by atoms with Crippen molar-refractivity contribution in [2.75, 3.05) is 16.8 Å². The van der Waals surface area contributed by atoms with Gasteiger partial charge in [0.05, 0.1) is 10.6 Å². The highest BCUT2D eigenvalue weighted by Crippen LogP contribution is 2.45. The maximum atomic E-state index is 11.9. The molecule has 1 saturated heterocycles. The Morgan fingerprint density at radius 1 is 1.47 bits per heavy atom. The number of amides is 1. The third-order valence-corrected chi connectivity index (χ3v) is 6.09. The van der Waals surface area contributed by atoms with Crippen molar-refractivity contribution in [3.63, 3.8) is 0 Å². The molecule has 1 unspecified atom stereocenters. The first-order chi connectivity index (χ1) is 9.20. The first-order valence-electron chi connectivity index (χ1n) is 6.60. The number of hydrogen-bond acceptors (Lipinski definition) is 4. The van der Waals surface area contributed by atoms with Gasteiger partial charge < -0.3 is 11.1 Å². The lowest BCUT2D eigenvalue weighted by Gasteiger charge is -2.13. The van der Waals surface area contributed by atoms with Crippen molar-refractivity contribution in [1.82, 2.24) is 0 Å². The Kier molecular flexibility index (Phi) is 5.60. The molecule has 3 N–H and O–H groups in total. The second-order valence-corrected chi connectivity index (χ2v) is 7.31. The summed E-state index contributed by atoms with van der Waals surface area (Å²) in [6.45, 7) is 2.03. The molecule has 104 valence electrons. The van der Waals surface area contributed by atoms with E-state index < -0.39 is 6.04 Å². The number of carbonyl (C=O) groups is 1. The van der Waals surface area contributed by atoms with Crippen LogP contribution in [0.5, 0.6) is 0 Å². The Balaban J connectivity index is 2.00. The van der Waals surface area contributed by atoms with Gasteiger partial charge in [-0.05, 0) is 24.1 Å². The summed E-state index contributed by atoms with van der Waals surface area (Å²) in [6, 6.07) is 7.69. The molecule has 3 nitrogen and oxygen atoms in total. The van der Waals surface area contributed by atoms with E-state index in [1.165, 1.54) is 17.1 Å². The minimum atomic E-state index is -0.413. The fourth-order valence-electron chi connectivity index (χ4n) is 1.99. The Hall–Kier alpha value is -0.650. The highest BCUT2D eigenvalue weighted by molar-refractivity contribution is 8.19. The van der Waals surface area contributed by atoms with Gasteiger partial charge in [-0.3, -0.25) is 4.79 Å². The third kappa shape index (κ3) is 4.16. The molecule has 0 aromatic heterocycles. The molecule has 5 heteroatoms. The topological polar surface area (TPSA) is 55.1 Å². The van der Waals surface area contributed by atoms with E-state index >= 15 is 0 Å². The lowest BCUT2D eigenvalue weighted by molar-refractivity contribution is -0.117. The fraction of sp³-hybridized carbons (Fsp3) is 0.500. The largest absolute Gasteiger partial charge is 0.325 e. The van der Waals surface area contributed by atoms with Crippen molar-refractivity contribution >= 4 is 35.1 Å². The van der Waals surface area contributed by atoms with Crippen LogP contribution in [-0.2, 0) is 4.79 Å². The zero-order chi connectivity index (χ0) is 13.7. The van der Waals surface area contributed by atoms with E-state index in [0.717, 1.165) is 18.5 Å². The first-order valence-corrected chi connectivity index (χ1v) is 8.70. The van der Waals surface area contributed by atoms with E-state index in [-0.39, 0.29) is 5.91 Å². The Morgan fingerprint density at radius 2 is 2.21 bits per heavy atom. The molecular formula is C14H20N2OS2. The number of nitrogens with two attached hydrogens (primary N) is 1. The van der Waals surface area contributed by atoms with Crippen LogP contribution in [0.4, 0.5) is 5.69 Å². The predicted octanol–water partition coefficient (Wildman–Crippen LogP) is 3.23. The van der Waals surface area contributed by atoms with Crippen LogP contribution in [0.15, 0.2) is 24.3 Å². The molecule has 1 amide bonds. The van der Waals surface area contributed by atoms with E-state index in [9.17, 15) is 4.79 Å². The molecule has 1 aliphatic rings. The smallest absolute Gasteiger partial charge is 0.241 e. The van der Waals surface area contributed by atoms with Gasteiger partial charge in [-0.15, -0.1) is 23.5 Å². The van der Waals surface area contributed by atoms with E-state index in [1.54, 1.807) is 0 Å². The molecule has 1 heterocycles. The average molecular weight is 296 g/mol. The molecule has 0 bridgehead atoms. The summed E-state index contributed by atoms with van der Waals surface area (Å²) < 4.78 is 0.501. The number of benzene rings is 1. The van der Waals surface area contributed by atoms with Crippen LogP contribution in [0.3, 0.4) is 0 Å². The molecule has 2 rings (SSSR count). The Labute approximate surface area is 123 Å². The minimum absolute atomic E-state index is 0.0919. The van der Waals surface area contributed by atoms with Crippen LogP contribution in [-0.4, -0.2) is 23.5 Å². The summed E-state index contributed by atoms with van der Waals surface area (Å²) in [5.74, 6) is 2.31. The molecule has 1 atom stereocenters. The summed E-state index contributed by atoms with van der Waals surface area (Å²) in [5.41, 5.74) is 7.94. The standard InChI is InChI=1S/C14H20N2OS2/c1-2-4-12(15)13(17)16-11-6-3-5-10(9-11)14-18-7-8-19-14/h3,5-6,9,12,14H,2,4,7-8,15H2,1H3,(H,16,17). The molecule has 1 aliphatic heterocycles. The number of rotatable bonds is 5. The van der Waals surface area contributed by atoms with Gasteiger partial charge in [0.2, 0.25) is 5.91 Å². The molecule has 0 radical (unpaired) electrons.